The Balaban J connectivity index is 1.86. The van der Waals surface area contributed by atoms with E-state index >= 15 is 0 Å². The first-order valence-electron chi connectivity index (χ1n) is 6.77. The summed E-state index contributed by atoms with van der Waals surface area (Å²) in [5.74, 6) is -0.323. The Bertz CT molecular complexity index is 899. The first-order valence-corrected chi connectivity index (χ1v) is 8.76. The standard InChI is InChI=1S/C15H11Cl2N5OS/c1-24-15-19-20-21-22(15)11-4-2-3-10(8-11)18-14(23)12-6-5-9(16)7-13(12)17/h2-8H,1H3,(H,18,23). The third kappa shape index (κ3) is 3.53. The molecule has 9 heteroatoms. The highest BCUT2D eigenvalue weighted by atomic mass is 35.5. The topological polar surface area (TPSA) is 72.7 Å². The number of halogens is 2. The van der Waals surface area contributed by atoms with E-state index in [0.29, 0.717) is 26.5 Å². The van der Waals surface area contributed by atoms with Crippen LogP contribution in [0, 0.1) is 0 Å². The van der Waals surface area contributed by atoms with Crippen LogP contribution in [0.4, 0.5) is 5.69 Å². The lowest BCUT2D eigenvalue weighted by Crippen LogP contribution is -2.12. The molecule has 0 atom stereocenters. The van der Waals surface area contributed by atoms with Crippen LogP contribution in [0.3, 0.4) is 0 Å². The van der Waals surface area contributed by atoms with Crippen LogP contribution in [0.25, 0.3) is 5.69 Å². The number of anilines is 1. The maximum atomic E-state index is 12.4. The maximum absolute atomic E-state index is 12.4. The Kier molecular flexibility index (Phi) is 5.03. The predicted octanol–water partition coefficient (Wildman–Crippen LogP) is 3.94. The van der Waals surface area contributed by atoms with Gasteiger partial charge in [0.15, 0.2) is 0 Å². The molecule has 1 heterocycles. The molecule has 1 amide bonds. The van der Waals surface area contributed by atoms with Crippen LogP contribution in [-0.2, 0) is 0 Å². The molecule has 3 rings (SSSR count). The Labute approximate surface area is 152 Å². The summed E-state index contributed by atoms with van der Waals surface area (Å²) in [5.41, 5.74) is 1.69. The number of tetrazole rings is 1. The zero-order chi connectivity index (χ0) is 17.1. The molecule has 0 unspecified atom stereocenters. The van der Waals surface area contributed by atoms with Crippen molar-refractivity contribution < 1.29 is 4.79 Å². The molecule has 24 heavy (non-hydrogen) atoms. The molecule has 1 N–H and O–H groups in total. The van der Waals surface area contributed by atoms with Gasteiger partial charge in [-0.05, 0) is 53.1 Å². The summed E-state index contributed by atoms with van der Waals surface area (Å²) in [7, 11) is 0. The average Bonchev–Trinajstić information content (AvgIpc) is 3.03. The van der Waals surface area contributed by atoms with Crippen molar-refractivity contribution in [1.82, 2.24) is 20.2 Å². The maximum Gasteiger partial charge on any atom is 0.257 e. The second-order valence-electron chi connectivity index (χ2n) is 4.71. The summed E-state index contributed by atoms with van der Waals surface area (Å²) in [6.45, 7) is 0. The molecular formula is C15H11Cl2N5OS. The van der Waals surface area contributed by atoms with Crippen molar-refractivity contribution in [1.29, 1.82) is 0 Å². The highest BCUT2D eigenvalue weighted by Gasteiger charge is 2.12. The van der Waals surface area contributed by atoms with Crippen molar-refractivity contribution in [3.8, 4) is 5.69 Å². The minimum absolute atomic E-state index is 0.293. The Morgan fingerprint density at radius 2 is 2.04 bits per heavy atom. The number of thioether (sulfide) groups is 1. The van der Waals surface area contributed by atoms with Gasteiger partial charge >= 0.3 is 0 Å². The van der Waals surface area contributed by atoms with Gasteiger partial charge in [0, 0.05) is 10.7 Å². The van der Waals surface area contributed by atoms with E-state index in [1.54, 1.807) is 35.0 Å². The zero-order valence-electron chi connectivity index (χ0n) is 12.4. The smallest absolute Gasteiger partial charge is 0.257 e. The number of aromatic nitrogens is 4. The van der Waals surface area contributed by atoms with Gasteiger partial charge in [-0.15, -0.1) is 5.10 Å². The van der Waals surface area contributed by atoms with Crippen LogP contribution in [0.15, 0.2) is 47.6 Å². The fourth-order valence-electron chi connectivity index (χ4n) is 2.06. The highest BCUT2D eigenvalue weighted by molar-refractivity contribution is 7.98. The van der Waals surface area contributed by atoms with Gasteiger partial charge in [-0.25, -0.2) is 0 Å². The molecular weight excluding hydrogens is 369 g/mol. The van der Waals surface area contributed by atoms with Gasteiger partial charge in [-0.3, -0.25) is 4.79 Å². The Morgan fingerprint density at radius 3 is 2.79 bits per heavy atom. The SMILES string of the molecule is CSc1nnnn1-c1cccc(NC(=O)c2ccc(Cl)cc2Cl)c1. The van der Waals surface area contributed by atoms with E-state index in [0.717, 1.165) is 5.69 Å². The van der Waals surface area contributed by atoms with Crippen LogP contribution in [0.5, 0.6) is 0 Å². The summed E-state index contributed by atoms with van der Waals surface area (Å²) < 4.78 is 1.59. The van der Waals surface area contributed by atoms with Gasteiger partial charge in [0.2, 0.25) is 5.16 Å². The number of carbonyl (C=O) groups excluding carboxylic acids is 1. The van der Waals surface area contributed by atoms with Crippen LogP contribution in [0.2, 0.25) is 10.0 Å². The van der Waals surface area contributed by atoms with Crippen molar-refractivity contribution in [2.75, 3.05) is 11.6 Å². The number of nitrogens with zero attached hydrogens (tertiary/aromatic N) is 4. The van der Waals surface area contributed by atoms with Crippen molar-refractivity contribution in [3.63, 3.8) is 0 Å². The molecule has 1 aromatic heterocycles. The second kappa shape index (κ2) is 7.21. The molecule has 3 aromatic rings. The molecule has 2 aromatic carbocycles. The third-order valence-corrected chi connectivity index (χ3v) is 4.32. The molecule has 0 aliphatic rings. The second-order valence-corrected chi connectivity index (χ2v) is 6.32. The minimum atomic E-state index is -0.323. The van der Waals surface area contributed by atoms with E-state index in [1.165, 1.54) is 17.8 Å². The number of hydrogen-bond donors (Lipinski definition) is 1. The molecule has 0 saturated carbocycles. The summed E-state index contributed by atoms with van der Waals surface area (Å²) in [6, 6.07) is 11.9. The average molecular weight is 380 g/mol. The van der Waals surface area contributed by atoms with Crippen molar-refractivity contribution in [2.45, 2.75) is 5.16 Å². The van der Waals surface area contributed by atoms with Gasteiger partial charge in [-0.1, -0.05) is 41.0 Å². The van der Waals surface area contributed by atoms with Gasteiger partial charge in [0.25, 0.3) is 5.91 Å². The molecule has 0 saturated heterocycles. The zero-order valence-corrected chi connectivity index (χ0v) is 14.7. The fourth-order valence-corrected chi connectivity index (χ4v) is 2.98. The van der Waals surface area contributed by atoms with E-state index in [9.17, 15) is 4.79 Å². The molecule has 6 nitrogen and oxygen atoms in total. The van der Waals surface area contributed by atoms with Crippen LogP contribution >= 0.6 is 35.0 Å². The first-order chi connectivity index (χ1) is 11.6. The Hall–Kier alpha value is -2.09. The number of amides is 1. The molecule has 0 aliphatic heterocycles. The number of hydrogen-bond acceptors (Lipinski definition) is 5. The molecule has 0 spiro atoms. The van der Waals surface area contributed by atoms with Crippen molar-refractivity contribution >= 4 is 46.6 Å². The van der Waals surface area contributed by atoms with Crippen molar-refractivity contribution in [2.24, 2.45) is 0 Å². The lowest BCUT2D eigenvalue weighted by Gasteiger charge is -2.09. The minimum Gasteiger partial charge on any atom is -0.322 e. The van der Waals surface area contributed by atoms with Gasteiger partial charge in [-0.2, -0.15) is 4.68 Å². The highest BCUT2D eigenvalue weighted by Crippen LogP contribution is 2.23. The third-order valence-electron chi connectivity index (χ3n) is 3.15. The normalized spacial score (nSPS) is 10.6. The number of rotatable bonds is 4. The Morgan fingerprint density at radius 1 is 1.21 bits per heavy atom. The summed E-state index contributed by atoms with van der Waals surface area (Å²) in [5, 5.41) is 15.7. The number of benzene rings is 2. The lowest BCUT2D eigenvalue weighted by molar-refractivity contribution is 0.102. The predicted molar refractivity (Wildman–Crippen MR) is 95.4 cm³/mol. The van der Waals surface area contributed by atoms with Gasteiger partial charge in [0.1, 0.15) is 0 Å². The van der Waals surface area contributed by atoms with E-state index < -0.39 is 0 Å². The number of carbonyl (C=O) groups is 1. The molecule has 0 fully saturated rings. The number of nitrogens with one attached hydrogen (secondary N) is 1. The summed E-state index contributed by atoms with van der Waals surface area (Å²) >= 11 is 13.3. The lowest BCUT2D eigenvalue weighted by atomic mass is 10.2. The molecule has 0 radical (unpaired) electrons. The monoisotopic (exact) mass is 379 g/mol. The van der Waals surface area contributed by atoms with E-state index in [-0.39, 0.29) is 5.91 Å². The summed E-state index contributed by atoms with van der Waals surface area (Å²) in [4.78, 5) is 12.4. The first kappa shape index (κ1) is 16.8. The van der Waals surface area contributed by atoms with Gasteiger partial charge < -0.3 is 5.32 Å². The van der Waals surface area contributed by atoms with Crippen molar-refractivity contribution in [3.05, 3.63) is 58.1 Å². The quantitative estimate of drug-likeness (QED) is 0.694. The van der Waals surface area contributed by atoms with E-state index in [1.807, 2.05) is 12.3 Å². The molecule has 0 aliphatic carbocycles. The van der Waals surface area contributed by atoms with Gasteiger partial charge in [0.05, 0.1) is 16.3 Å². The van der Waals surface area contributed by atoms with Crippen LogP contribution in [0.1, 0.15) is 10.4 Å². The van der Waals surface area contributed by atoms with Crippen LogP contribution < -0.4 is 5.32 Å². The van der Waals surface area contributed by atoms with E-state index in [4.69, 9.17) is 23.2 Å². The molecule has 122 valence electrons. The fraction of sp³-hybridized carbons (Fsp3) is 0.0667. The van der Waals surface area contributed by atoms with Crippen LogP contribution in [-0.4, -0.2) is 32.4 Å². The largest absolute Gasteiger partial charge is 0.322 e. The summed E-state index contributed by atoms with van der Waals surface area (Å²) in [6.07, 6.45) is 1.89. The molecule has 0 bridgehead atoms. The van der Waals surface area contributed by atoms with E-state index in [2.05, 4.69) is 20.8 Å².